The second kappa shape index (κ2) is 4.83. The smallest absolute Gasteiger partial charge is 0.150 e. The van der Waals surface area contributed by atoms with Crippen molar-refractivity contribution in [2.75, 3.05) is 11.9 Å². The standard InChI is InChI=1S/C15H15NO/c1-12-10-15(9-8-13(12)11-17)16(2)14-6-4-3-5-7-14/h3-11H,1-2H3. The minimum Gasteiger partial charge on any atom is -0.345 e. The molecular formula is C15H15NO. The molecule has 0 unspecified atom stereocenters. The molecule has 2 nitrogen and oxygen atoms in total. The first kappa shape index (κ1) is 11.4. The van der Waals surface area contributed by atoms with Crippen LogP contribution in [0, 0.1) is 6.92 Å². The van der Waals surface area contributed by atoms with Crippen molar-refractivity contribution in [3.05, 3.63) is 59.7 Å². The highest BCUT2D eigenvalue weighted by Gasteiger charge is 2.05. The lowest BCUT2D eigenvalue weighted by atomic mass is 10.1. The van der Waals surface area contributed by atoms with E-state index in [0.717, 1.165) is 28.8 Å². The predicted molar refractivity (Wildman–Crippen MR) is 71.1 cm³/mol. The van der Waals surface area contributed by atoms with Gasteiger partial charge < -0.3 is 4.90 Å². The molecule has 0 saturated heterocycles. The second-order valence-corrected chi connectivity index (χ2v) is 4.05. The topological polar surface area (TPSA) is 20.3 Å². The molecule has 0 amide bonds. The van der Waals surface area contributed by atoms with Crippen molar-refractivity contribution in [2.45, 2.75) is 6.92 Å². The average Bonchev–Trinajstić information content (AvgIpc) is 2.39. The maximum Gasteiger partial charge on any atom is 0.150 e. The summed E-state index contributed by atoms with van der Waals surface area (Å²) in [6.45, 7) is 1.95. The van der Waals surface area contributed by atoms with Gasteiger partial charge in [-0.25, -0.2) is 0 Å². The average molecular weight is 225 g/mol. The summed E-state index contributed by atoms with van der Waals surface area (Å²) in [6.07, 6.45) is 0.891. The molecule has 0 aliphatic rings. The van der Waals surface area contributed by atoms with Gasteiger partial charge >= 0.3 is 0 Å². The highest BCUT2D eigenvalue weighted by Crippen LogP contribution is 2.24. The molecule has 2 aromatic carbocycles. The van der Waals surface area contributed by atoms with Crippen LogP contribution in [0.3, 0.4) is 0 Å². The Balaban J connectivity index is 2.35. The van der Waals surface area contributed by atoms with Crippen LogP contribution in [0.4, 0.5) is 11.4 Å². The zero-order chi connectivity index (χ0) is 12.3. The molecular weight excluding hydrogens is 210 g/mol. The lowest BCUT2D eigenvalue weighted by molar-refractivity contribution is 0.112. The highest BCUT2D eigenvalue weighted by molar-refractivity contribution is 5.79. The Labute approximate surface area is 102 Å². The van der Waals surface area contributed by atoms with E-state index in [1.54, 1.807) is 0 Å². The number of hydrogen-bond acceptors (Lipinski definition) is 2. The lowest BCUT2D eigenvalue weighted by Crippen LogP contribution is -2.09. The number of benzene rings is 2. The summed E-state index contributed by atoms with van der Waals surface area (Å²) in [4.78, 5) is 12.9. The molecule has 0 radical (unpaired) electrons. The van der Waals surface area contributed by atoms with E-state index in [0.29, 0.717) is 0 Å². The molecule has 0 bridgehead atoms. The molecule has 2 heteroatoms. The van der Waals surface area contributed by atoms with Gasteiger partial charge in [-0.2, -0.15) is 0 Å². The molecule has 0 spiro atoms. The molecule has 0 fully saturated rings. The van der Waals surface area contributed by atoms with Gasteiger partial charge in [0.15, 0.2) is 0 Å². The SMILES string of the molecule is Cc1cc(N(C)c2ccccc2)ccc1C=O. The van der Waals surface area contributed by atoms with Gasteiger partial charge in [0.2, 0.25) is 0 Å². The summed E-state index contributed by atoms with van der Waals surface area (Å²) in [5, 5.41) is 0. The summed E-state index contributed by atoms with van der Waals surface area (Å²) in [5.41, 5.74) is 3.96. The third-order valence-corrected chi connectivity index (χ3v) is 2.91. The summed E-state index contributed by atoms with van der Waals surface area (Å²) >= 11 is 0. The Kier molecular flexibility index (Phi) is 3.24. The quantitative estimate of drug-likeness (QED) is 0.744. The molecule has 0 atom stereocenters. The highest BCUT2D eigenvalue weighted by atomic mass is 16.1. The van der Waals surface area contributed by atoms with Gasteiger partial charge in [-0.15, -0.1) is 0 Å². The van der Waals surface area contributed by atoms with Gasteiger partial charge in [0, 0.05) is 24.0 Å². The molecule has 86 valence electrons. The monoisotopic (exact) mass is 225 g/mol. The Bertz CT molecular complexity index is 520. The number of hydrogen-bond donors (Lipinski definition) is 0. The molecule has 0 aliphatic heterocycles. The Morgan fingerprint density at radius 2 is 1.71 bits per heavy atom. The maximum absolute atomic E-state index is 10.8. The molecule has 0 N–H and O–H groups in total. The van der Waals surface area contributed by atoms with E-state index < -0.39 is 0 Å². The van der Waals surface area contributed by atoms with E-state index in [9.17, 15) is 4.79 Å². The number of nitrogens with zero attached hydrogens (tertiary/aromatic N) is 1. The molecule has 0 heterocycles. The first-order chi connectivity index (χ1) is 8.22. The minimum atomic E-state index is 0.746. The van der Waals surface area contributed by atoms with Gasteiger partial charge in [0.05, 0.1) is 0 Å². The van der Waals surface area contributed by atoms with Gasteiger partial charge in [0.1, 0.15) is 6.29 Å². The maximum atomic E-state index is 10.8. The summed E-state index contributed by atoms with van der Waals surface area (Å²) < 4.78 is 0. The normalized spacial score (nSPS) is 10.0. The second-order valence-electron chi connectivity index (χ2n) is 4.05. The zero-order valence-corrected chi connectivity index (χ0v) is 10.1. The van der Waals surface area contributed by atoms with Gasteiger partial charge in [-0.1, -0.05) is 18.2 Å². The van der Waals surface area contributed by atoms with E-state index in [-0.39, 0.29) is 0 Å². The van der Waals surface area contributed by atoms with Crippen LogP contribution in [0.15, 0.2) is 48.5 Å². The van der Waals surface area contributed by atoms with Gasteiger partial charge in [-0.3, -0.25) is 4.79 Å². The first-order valence-electron chi connectivity index (χ1n) is 5.57. The number of para-hydroxylation sites is 1. The van der Waals surface area contributed by atoms with Crippen molar-refractivity contribution < 1.29 is 4.79 Å². The Morgan fingerprint density at radius 1 is 1.00 bits per heavy atom. The van der Waals surface area contributed by atoms with Gasteiger partial charge in [-0.05, 0) is 42.8 Å². The number of aryl methyl sites for hydroxylation is 1. The molecule has 0 saturated carbocycles. The third-order valence-electron chi connectivity index (χ3n) is 2.91. The van der Waals surface area contributed by atoms with E-state index >= 15 is 0 Å². The van der Waals surface area contributed by atoms with Crippen LogP contribution in [-0.4, -0.2) is 13.3 Å². The Morgan fingerprint density at radius 3 is 2.29 bits per heavy atom. The van der Waals surface area contributed by atoms with E-state index in [2.05, 4.69) is 17.0 Å². The van der Waals surface area contributed by atoms with Crippen molar-refractivity contribution in [1.29, 1.82) is 0 Å². The molecule has 2 aromatic rings. The Hall–Kier alpha value is -2.09. The van der Waals surface area contributed by atoms with Crippen LogP contribution in [0.1, 0.15) is 15.9 Å². The van der Waals surface area contributed by atoms with Crippen molar-refractivity contribution in [3.63, 3.8) is 0 Å². The van der Waals surface area contributed by atoms with E-state index in [1.165, 1.54) is 0 Å². The molecule has 0 aromatic heterocycles. The van der Waals surface area contributed by atoms with Gasteiger partial charge in [0.25, 0.3) is 0 Å². The number of rotatable bonds is 3. The minimum absolute atomic E-state index is 0.746. The first-order valence-corrected chi connectivity index (χ1v) is 5.57. The number of anilines is 2. The number of carbonyl (C=O) groups excluding carboxylic acids is 1. The molecule has 17 heavy (non-hydrogen) atoms. The van der Waals surface area contributed by atoms with Crippen LogP contribution >= 0.6 is 0 Å². The number of carbonyl (C=O) groups is 1. The summed E-state index contributed by atoms with van der Waals surface area (Å²) in [6, 6.07) is 16.0. The van der Waals surface area contributed by atoms with E-state index in [1.807, 2.05) is 50.4 Å². The fraction of sp³-hybridized carbons (Fsp3) is 0.133. The van der Waals surface area contributed by atoms with Crippen molar-refractivity contribution in [3.8, 4) is 0 Å². The van der Waals surface area contributed by atoms with Crippen molar-refractivity contribution in [1.82, 2.24) is 0 Å². The summed E-state index contributed by atoms with van der Waals surface area (Å²) in [7, 11) is 2.02. The lowest BCUT2D eigenvalue weighted by Gasteiger charge is -2.20. The van der Waals surface area contributed by atoms with Crippen LogP contribution in [0.25, 0.3) is 0 Å². The molecule has 2 rings (SSSR count). The zero-order valence-electron chi connectivity index (χ0n) is 10.1. The predicted octanol–water partition coefficient (Wildman–Crippen LogP) is 3.58. The van der Waals surface area contributed by atoms with Crippen LogP contribution < -0.4 is 4.90 Å². The van der Waals surface area contributed by atoms with Crippen LogP contribution in [0.2, 0.25) is 0 Å². The van der Waals surface area contributed by atoms with Crippen LogP contribution in [-0.2, 0) is 0 Å². The fourth-order valence-corrected chi connectivity index (χ4v) is 1.80. The number of aldehydes is 1. The third kappa shape index (κ3) is 2.36. The van der Waals surface area contributed by atoms with E-state index in [4.69, 9.17) is 0 Å². The van der Waals surface area contributed by atoms with Crippen molar-refractivity contribution >= 4 is 17.7 Å². The molecule has 0 aliphatic carbocycles. The van der Waals surface area contributed by atoms with Crippen LogP contribution in [0.5, 0.6) is 0 Å². The largest absolute Gasteiger partial charge is 0.345 e. The van der Waals surface area contributed by atoms with Crippen molar-refractivity contribution in [2.24, 2.45) is 0 Å². The summed E-state index contributed by atoms with van der Waals surface area (Å²) in [5.74, 6) is 0. The fourth-order valence-electron chi connectivity index (χ4n) is 1.80.